The maximum absolute atomic E-state index is 14.2. The number of alkyl halides is 3. The minimum atomic E-state index is -4.82. The van der Waals surface area contributed by atoms with Gasteiger partial charge in [0, 0.05) is 5.69 Å². The molecule has 1 amide bonds. The first kappa shape index (κ1) is 20.7. The Kier molecular flexibility index (Phi) is 5.05. The van der Waals surface area contributed by atoms with Gasteiger partial charge in [-0.05, 0) is 29.8 Å². The second-order valence-electron chi connectivity index (χ2n) is 6.69. The summed E-state index contributed by atoms with van der Waals surface area (Å²) in [5.74, 6) is -2.66. The minimum absolute atomic E-state index is 0.0190. The largest absolute Gasteiger partial charge is 0.418 e. The summed E-state index contributed by atoms with van der Waals surface area (Å²) in [5, 5.41) is 14.6. The first-order valence-corrected chi connectivity index (χ1v) is 8.90. The van der Waals surface area contributed by atoms with Crippen LogP contribution in [0.3, 0.4) is 0 Å². The number of aliphatic hydroxyl groups excluding tert-OH is 1. The molecule has 1 unspecified atom stereocenters. The maximum atomic E-state index is 14.2. The highest BCUT2D eigenvalue weighted by Gasteiger charge is 2.39. The number of anilines is 2. The lowest BCUT2D eigenvalue weighted by molar-refractivity contribution is -0.206. The van der Waals surface area contributed by atoms with Crippen LogP contribution >= 0.6 is 0 Å². The normalized spacial score (nSPS) is 14.2. The van der Waals surface area contributed by atoms with Crippen LogP contribution in [0, 0.1) is 11.6 Å². The Morgan fingerprint density at radius 3 is 2.26 bits per heavy atom. The van der Waals surface area contributed by atoms with Crippen molar-refractivity contribution in [1.29, 1.82) is 0 Å². The number of hydrogen-bond donors (Lipinski definition) is 3. The molecule has 0 spiro atoms. The molecule has 1 aliphatic heterocycles. The second-order valence-corrected chi connectivity index (χ2v) is 6.69. The summed E-state index contributed by atoms with van der Waals surface area (Å²) in [4.78, 5) is 20.4. The molecule has 1 aromatic heterocycles. The molecule has 0 saturated heterocycles. The highest BCUT2D eigenvalue weighted by molar-refractivity contribution is 6.03. The zero-order chi connectivity index (χ0) is 22.3. The number of carbonyl (C=O) groups excluding carboxylic acids is 1. The summed E-state index contributed by atoms with van der Waals surface area (Å²) >= 11 is 0. The van der Waals surface area contributed by atoms with Gasteiger partial charge in [0.15, 0.2) is 11.9 Å². The Bertz CT molecular complexity index is 1150. The Morgan fingerprint density at radius 2 is 1.65 bits per heavy atom. The molecule has 3 N–H and O–H groups in total. The van der Waals surface area contributed by atoms with Gasteiger partial charge in [-0.3, -0.25) is 4.79 Å². The molecule has 11 heteroatoms. The summed E-state index contributed by atoms with van der Waals surface area (Å²) in [5.41, 5.74) is -0.350. The lowest BCUT2D eigenvalue weighted by Crippen LogP contribution is -2.20. The predicted octanol–water partition coefficient (Wildman–Crippen LogP) is 4.00. The van der Waals surface area contributed by atoms with E-state index in [1.165, 1.54) is 18.2 Å². The number of amides is 1. The third kappa shape index (κ3) is 3.91. The Labute approximate surface area is 171 Å². The molecule has 1 aliphatic rings. The number of hydrogen-bond acceptors (Lipinski definition) is 5. The van der Waals surface area contributed by atoms with Gasteiger partial charge in [0.05, 0.1) is 17.8 Å². The lowest BCUT2D eigenvalue weighted by Gasteiger charge is -2.16. The quantitative estimate of drug-likeness (QED) is 0.538. The van der Waals surface area contributed by atoms with Crippen molar-refractivity contribution in [3.63, 3.8) is 0 Å². The van der Waals surface area contributed by atoms with Crippen molar-refractivity contribution in [2.24, 2.45) is 0 Å². The molecule has 1 atom stereocenters. The molecule has 0 radical (unpaired) electrons. The average molecular weight is 436 g/mol. The zero-order valence-corrected chi connectivity index (χ0v) is 15.5. The van der Waals surface area contributed by atoms with Crippen LogP contribution in [0.5, 0.6) is 0 Å². The lowest BCUT2D eigenvalue weighted by atomic mass is 10.1. The minimum Gasteiger partial charge on any atom is -0.379 e. The van der Waals surface area contributed by atoms with Gasteiger partial charge in [-0.1, -0.05) is 18.2 Å². The molecule has 2 heterocycles. The highest BCUT2D eigenvalue weighted by atomic mass is 19.4. The molecule has 160 valence electrons. The summed E-state index contributed by atoms with van der Waals surface area (Å²) in [6, 6.07) is 7.86. The third-order valence-corrected chi connectivity index (χ3v) is 4.61. The van der Waals surface area contributed by atoms with E-state index in [-0.39, 0.29) is 40.7 Å². The van der Waals surface area contributed by atoms with Crippen LogP contribution in [0.15, 0.2) is 42.5 Å². The number of aromatic nitrogens is 2. The standard InChI is InChI=1S/C20H13F5N4O2/c21-11-2-1-3-12(22)14(11)17-28-13-8-26-19(31)15(13)18(29-17)27-10-6-4-9(5-7-10)16(30)20(23,24)25/h1-7,16,30H,8H2,(H,26,31)(H,27,28,29). The molecule has 4 rings (SSSR count). The summed E-state index contributed by atoms with van der Waals surface area (Å²) in [7, 11) is 0. The summed E-state index contributed by atoms with van der Waals surface area (Å²) < 4.78 is 66.4. The molecule has 0 fully saturated rings. The van der Waals surface area contributed by atoms with Crippen molar-refractivity contribution in [2.45, 2.75) is 18.8 Å². The van der Waals surface area contributed by atoms with E-state index in [9.17, 15) is 31.9 Å². The van der Waals surface area contributed by atoms with E-state index in [1.807, 2.05) is 0 Å². The summed E-state index contributed by atoms with van der Waals surface area (Å²) in [6.07, 6.45) is -7.47. The number of fused-ring (bicyclic) bond motifs is 1. The summed E-state index contributed by atoms with van der Waals surface area (Å²) in [6.45, 7) is 0.0190. The molecular formula is C20H13F5N4O2. The number of nitrogens with zero attached hydrogens (tertiary/aromatic N) is 2. The van der Waals surface area contributed by atoms with Crippen molar-refractivity contribution < 1.29 is 31.9 Å². The van der Waals surface area contributed by atoms with Crippen LogP contribution < -0.4 is 10.6 Å². The topological polar surface area (TPSA) is 87.1 Å². The van der Waals surface area contributed by atoms with Crippen LogP contribution in [-0.4, -0.2) is 27.2 Å². The van der Waals surface area contributed by atoms with Gasteiger partial charge in [0.25, 0.3) is 5.91 Å². The monoisotopic (exact) mass is 436 g/mol. The van der Waals surface area contributed by atoms with Gasteiger partial charge in [-0.2, -0.15) is 13.2 Å². The SMILES string of the molecule is O=C1NCc2nc(-c3c(F)cccc3F)nc(Nc3ccc(C(O)C(F)(F)F)cc3)c21. The van der Waals surface area contributed by atoms with E-state index in [4.69, 9.17) is 0 Å². The molecule has 6 nitrogen and oxygen atoms in total. The molecule has 0 aliphatic carbocycles. The molecule has 31 heavy (non-hydrogen) atoms. The number of benzene rings is 2. The van der Waals surface area contributed by atoms with Crippen LogP contribution in [0.4, 0.5) is 33.5 Å². The Balaban J connectivity index is 1.73. The van der Waals surface area contributed by atoms with E-state index in [0.717, 1.165) is 24.3 Å². The van der Waals surface area contributed by atoms with Gasteiger partial charge < -0.3 is 15.7 Å². The van der Waals surface area contributed by atoms with Crippen molar-refractivity contribution >= 4 is 17.4 Å². The fourth-order valence-electron chi connectivity index (χ4n) is 3.11. The van der Waals surface area contributed by atoms with Gasteiger partial charge >= 0.3 is 6.18 Å². The zero-order valence-electron chi connectivity index (χ0n) is 15.5. The average Bonchev–Trinajstić information content (AvgIpc) is 3.08. The van der Waals surface area contributed by atoms with Crippen LogP contribution in [0.1, 0.15) is 27.7 Å². The van der Waals surface area contributed by atoms with E-state index in [2.05, 4.69) is 20.6 Å². The molecule has 0 saturated carbocycles. The van der Waals surface area contributed by atoms with Crippen molar-refractivity contribution in [3.05, 3.63) is 70.9 Å². The van der Waals surface area contributed by atoms with Gasteiger partial charge in [0.1, 0.15) is 23.0 Å². The van der Waals surface area contributed by atoms with Crippen molar-refractivity contribution in [2.75, 3.05) is 5.32 Å². The van der Waals surface area contributed by atoms with Crippen molar-refractivity contribution in [1.82, 2.24) is 15.3 Å². The van der Waals surface area contributed by atoms with Gasteiger partial charge in [0.2, 0.25) is 0 Å². The van der Waals surface area contributed by atoms with Crippen LogP contribution in [0.25, 0.3) is 11.4 Å². The Hall–Kier alpha value is -3.60. The molecule has 0 bridgehead atoms. The van der Waals surface area contributed by atoms with E-state index < -0.39 is 35.4 Å². The van der Waals surface area contributed by atoms with Crippen molar-refractivity contribution in [3.8, 4) is 11.4 Å². The second kappa shape index (κ2) is 7.58. The first-order valence-electron chi connectivity index (χ1n) is 8.90. The van der Waals surface area contributed by atoms with Gasteiger partial charge in [-0.15, -0.1) is 0 Å². The van der Waals surface area contributed by atoms with E-state index in [1.54, 1.807) is 0 Å². The van der Waals surface area contributed by atoms with Gasteiger partial charge in [-0.25, -0.2) is 18.7 Å². The number of aliphatic hydroxyl groups is 1. The number of halogens is 5. The molecule has 2 aromatic carbocycles. The Morgan fingerprint density at radius 1 is 1.00 bits per heavy atom. The predicted molar refractivity (Wildman–Crippen MR) is 99.3 cm³/mol. The van der Waals surface area contributed by atoms with Crippen LogP contribution in [0.2, 0.25) is 0 Å². The highest BCUT2D eigenvalue weighted by Crippen LogP contribution is 2.34. The first-order chi connectivity index (χ1) is 14.6. The van der Waals surface area contributed by atoms with Crippen LogP contribution in [-0.2, 0) is 6.54 Å². The third-order valence-electron chi connectivity index (χ3n) is 4.61. The molecule has 3 aromatic rings. The molecular weight excluding hydrogens is 423 g/mol. The number of carbonyl (C=O) groups is 1. The maximum Gasteiger partial charge on any atom is 0.418 e. The number of nitrogens with one attached hydrogen (secondary N) is 2. The fraction of sp³-hybridized carbons (Fsp3) is 0.150. The smallest absolute Gasteiger partial charge is 0.379 e. The number of rotatable bonds is 4. The van der Waals surface area contributed by atoms with E-state index >= 15 is 0 Å². The van der Waals surface area contributed by atoms with E-state index in [0.29, 0.717) is 0 Å². The fourth-order valence-corrected chi connectivity index (χ4v) is 3.11.